The fraction of sp³-hybridized carbons (Fsp3) is 0.448. The largest absolute Gasteiger partial charge is 0.475 e. The van der Waals surface area contributed by atoms with E-state index in [0.717, 1.165) is 55.2 Å². The Bertz CT molecular complexity index is 1250. The van der Waals surface area contributed by atoms with Crippen LogP contribution in [0.25, 0.3) is 5.69 Å². The van der Waals surface area contributed by atoms with Crippen molar-refractivity contribution >= 4 is 11.8 Å². The van der Waals surface area contributed by atoms with E-state index in [2.05, 4.69) is 35.4 Å². The molecule has 9 heteroatoms. The summed E-state index contributed by atoms with van der Waals surface area (Å²) in [5.41, 5.74) is 3.43. The lowest BCUT2D eigenvalue weighted by Gasteiger charge is -2.40. The van der Waals surface area contributed by atoms with Crippen molar-refractivity contribution in [3.63, 3.8) is 0 Å². The molecular weight excluding hydrogens is 482 g/mol. The van der Waals surface area contributed by atoms with Gasteiger partial charge in [0.25, 0.3) is 0 Å². The van der Waals surface area contributed by atoms with Crippen LogP contribution in [0.4, 0.5) is 10.6 Å². The Kier molecular flexibility index (Phi) is 7.69. The van der Waals surface area contributed by atoms with Crippen molar-refractivity contribution in [3.05, 3.63) is 71.3 Å². The van der Waals surface area contributed by atoms with Crippen LogP contribution in [0.5, 0.6) is 5.88 Å². The number of ether oxygens (including phenoxy) is 2. The number of carbonyl (C=O) groups is 1. The van der Waals surface area contributed by atoms with Crippen LogP contribution >= 0.6 is 0 Å². The highest BCUT2D eigenvalue weighted by atomic mass is 16.5. The van der Waals surface area contributed by atoms with Gasteiger partial charge in [0.15, 0.2) is 0 Å². The zero-order valence-electron chi connectivity index (χ0n) is 22.3. The Labute approximate surface area is 223 Å². The number of hydrogen-bond donors (Lipinski definition) is 3. The number of hydrogen-bond acceptors (Lipinski definition) is 6. The van der Waals surface area contributed by atoms with Crippen molar-refractivity contribution in [1.29, 1.82) is 0 Å². The molecule has 2 atom stereocenters. The monoisotopic (exact) mass is 519 g/mol. The van der Waals surface area contributed by atoms with Gasteiger partial charge in [0.2, 0.25) is 5.88 Å². The summed E-state index contributed by atoms with van der Waals surface area (Å²) in [7, 11) is 0. The van der Waals surface area contributed by atoms with Gasteiger partial charge in [-0.05, 0) is 42.0 Å². The lowest BCUT2D eigenvalue weighted by atomic mass is 9.70. The predicted octanol–water partition coefficient (Wildman–Crippen LogP) is 3.80. The fourth-order valence-corrected chi connectivity index (χ4v) is 5.41. The maximum atomic E-state index is 13.3. The summed E-state index contributed by atoms with van der Waals surface area (Å²) >= 11 is 0. The number of nitrogens with zero attached hydrogens (tertiary/aromatic N) is 3. The van der Waals surface area contributed by atoms with E-state index in [-0.39, 0.29) is 5.41 Å². The molecule has 1 saturated heterocycles. The molecule has 9 nitrogen and oxygen atoms in total. The fourth-order valence-electron chi connectivity index (χ4n) is 5.41. The zero-order chi connectivity index (χ0) is 26.7. The first-order valence-corrected chi connectivity index (χ1v) is 13.3. The van der Waals surface area contributed by atoms with E-state index in [0.29, 0.717) is 24.7 Å². The molecule has 0 radical (unpaired) electrons. The molecule has 2 aromatic carbocycles. The number of nitrogens with one attached hydrogen (secondary N) is 2. The molecule has 38 heavy (non-hydrogen) atoms. The molecule has 2 heterocycles. The quantitative estimate of drug-likeness (QED) is 0.439. The first-order valence-electron chi connectivity index (χ1n) is 13.3. The van der Waals surface area contributed by atoms with Crippen LogP contribution in [0, 0.1) is 6.92 Å². The highest BCUT2D eigenvalue weighted by Crippen LogP contribution is 2.41. The maximum absolute atomic E-state index is 13.3. The van der Waals surface area contributed by atoms with E-state index < -0.39 is 18.2 Å². The third-order valence-electron chi connectivity index (χ3n) is 7.48. The molecule has 2 aliphatic rings. The molecule has 1 aliphatic heterocycles. The lowest BCUT2D eigenvalue weighted by Crippen LogP contribution is -2.45. The Morgan fingerprint density at radius 3 is 2.61 bits per heavy atom. The number of fused-ring (bicyclic) bond motifs is 1. The molecule has 0 bridgehead atoms. The Morgan fingerprint density at radius 1 is 1.13 bits per heavy atom. The maximum Gasteiger partial charge on any atom is 0.320 e. The van der Waals surface area contributed by atoms with Crippen molar-refractivity contribution < 1.29 is 19.4 Å². The van der Waals surface area contributed by atoms with Crippen LogP contribution in [0.2, 0.25) is 0 Å². The molecule has 5 rings (SSSR count). The number of para-hydroxylation sites is 1. The number of carbonyl (C=O) groups excluding carboxylic acids is 1. The van der Waals surface area contributed by atoms with E-state index >= 15 is 0 Å². The van der Waals surface area contributed by atoms with E-state index in [1.54, 1.807) is 4.68 Å². The molecular formula is C29H37N5O4. The van der Waals surface area contributed by atoms with Crippen LogP contribution in [0.1, 0.15) is 43.0 Å². The third-order valence-corrected chi connectivity index (χ3v) is 7.48. The predicted molar refractivity (Wildman–Crippen MR) is 146 cm³/mol. The minimum atomic E-state index is -0.704. The smallest absolute Gasteiger partial charge is 0.320 e. The average molecular weight is 520 g/mol. The lowest BCUT2D eigenvalue weighted by molar-refractivity contribution is 0.0319. The van der Waals surface area contributed by atoms with Crippen molar-refractivity contribution in [3.8, 4) is 11.6 Å². The molecule has 2 amide bonds. The van der Waals surface area contributed by atoms with Crippen LogP contribution in [0.15, 0.2) is 54.6 Å². The van der Waals surface area contributed by atoms with Crippen molar-refractivity contribution in [2.45, 2.75) is 44.8 Å². The van der Waals surface area contributed by atoms with Gasteiger partial charge in [-0.25, -0.2) is 9.48 Å². The van der Waals surface area contributed by atoms with Gasteiger partial charge in [0, 0.05) is 19.6 Å². The van der Waals surface area contributed by atoms with Gasteiger partial charge in [-0.1, -0.05) is 56.3 Å². The minimum Gasteiger partial charge on any atom is -0.475 e. The number of rotatable bonds is 7. The molecule has 1 aliphatic carbocycles. The average Bonchev–Trinajstić information content (AvgIpc) is 3.22. The van der Waals surface area contributed by atoms with Gasteiger partial charge in [0.1, 0.15) is 12.4 Å². The molecule has 3 N–H and O–H groups in total. The van der Waals surface area contributed by atoms with Crippen LogP contribution in [0.3, 0.4) is 0 Å². The highest BCUT2D eigenvalue weighted by molar-refractivity contribution is 5.90. The van der Waals surface area contributed by atoms with Gasteiger partial charge in [-0.15, -0.1) is 5.10 Å². The molecule has 1 fully saturated rings. The summed E-state index contributed by atoms with van der Waals surface area (Å²) in [6.07, 6.45) is -0.151. The van der Waals surface area contributed by atoms with Gasteiger partial charge >= 0.3 is 6.03 Å². The van der Waals surface area contributed by atoms with Gasteiger partial charge in [-0.3, -0.25) is 10.2 Å². The van der Waals surface area contributed by atoms with Crippen LogP contribution in [-0.4, -0.2) is 71.4 Å². The van der Waals surface area contributed by atoms with E-state index in [9.17, 15) is 9.90 Å². The number of aromatic nitrogens is 2. The van der Waals surface area contributed by atoms with Crippen molar-refractivity contribution in [1.82, 2.24) is 20.0 Å². The van der Waals surface area contributed by atoms with Crippen LogP contribution < -0.4 is 15.4 Å². The van der Waals surface area contributed by atoms with Gasteiger partial charge in [0.05, 0.1) is 36.6 Å². The number of benzene rings is 2. The summed E-state index contributed by atoms with van der Waals surface area (Å²) in [6, 6.07) is 16.7. The molecule has 0 spiro atoms. The Hall–Kier alpha value is -3.40. The Balaban J connectivity index is 1.35. The molecule has 0 saturated carbocycles. The van der Waals surface area contributed by atoms with Gasteiger partial charge in [-0.2, -0.15) is 0 Å². The number of aliphatic hydroxyl groups excluding tert-OH is 1. The Morgan fingerprint density at radius 2 is 1.84 bits per heavy atom. The summed E-state index contributed by atoms with van der Waals surface area (Å²) in [5, 5.41) is 21.7. The summed E-state index contributed by atoms with van der Waals surface area (Å²) in [5.74, 6) is 0.996. The standard InChI is InChI=1S/C29H37N5O4/c1-20-26(31-28(36)30-25-22-11-7-8-12-23(22)29(2,3)19-24(25)35)34(21-9-5-4-6-10-21)32-27(20)38-18-15-33-13-16-37-17-14-33/h4-12,24-25,35H,13-19H2,1-3H3,(H2,30,31,36)/t24-,25-/m1/s1. The minimum absolute atomic E-state index is 0.180. The molecule has 0 unspecified atom stereocenters. The zero-order valence-corrected chi connectivity index (χ0v) is 22.3. The normalized spacial score (nSPS) is 20.9. The summed E-state index contributed by atoms with van der Waals surface area (Å²) in [4.78, 5) is 15.6. The first kappa shape index (κ1) is 26.2. The highest BCUT2D eigenvalue weighted by Gasteiger charge is 2.39. The number of morpholine rings is 1. The summed E-state index contributed by atoms with van der Waals surface area (Å²) in [6.45, 7) is 10.6. The number of amides is 2. The van der Waals surface area contributed by atoms with E-state index in [1.165, 1.54) is 0 Å². The van der Waals surface area contributed by atoms with Crippen molar-refractivity contribution in [2.24, 2.45) is 0 Å². The number of urea groups is 1. The SMILES string of the molecule is Cc1c(OCCN2CCOCC2)nn(-c2ccccc2)c1NC(=O)N[C@@H]1c2ccccc2C(C)(C)C[C@H]1O. The topological polar surface area (TPSA) is 101 Å². The van der Waals surface area contributed by atoms with Crippen molar-refractivity contribution in [2.75, 3.05) is 44.8 Å². The third kappa shape index (κ3) is 5.55. The summed E-state index contributed by atoms with van der Waals surface area (Å²) < 4.78 is 13.2. The second-order valence-corrected chi connectivity index (χ2v) is 10.6. The molecule has 3 aromatic rings. The van der Waals surface area contributed by atoms with E-state index in [4.69, 9.17) is 14.6 Å². The van der Waals surface area contributed by atoms with E-state index in [1.807, 2.05) is 55.5 Å². The second-order valence-electron chi connectivity index (χ2n) is 10.6. The van der Waals surface area contributed by atoms with Crippen LogP contribution in [-0.2, 0) is 10.2 Å². The second kappa shape index (κ2) is 11.1. The van der Waals surface area contributed by atoms with Gasteiger partial charge < -0.3 is 19.9 Å². The molecule has 1 aromatic heterocycles. The molecule has 202 valence electrons. The number of anilines is 1. The number of aliphatic hydroxyl groups is 1. The first-order chi connectivity index (χ1) is 18.3.